The number of para-hydroxylation sites is 2. The Balaban J connectivity index is 1.65. The first kappa shape index (κ1) is 20.1. The molecule has 0 aliphatic carbocycles. The Morgan fingerprint density at radius 2 is 1.82 bits per heavy atom. The summed E-state index contributed by atoms with van der Waals surface area (Å²) in [5, 5.41) is 2.96. The van der Waals surface area contributed by atoms with E-state index in [1.165, 1.54) is 5.56 Å². The molecule has 0 aromatic heterocycles. The van der Waals surface area contributed by atoms with Gasteiger partial charge in [-0.3, -0.25) is 14.5 Å². The van der Waals surface area contributed by atoms with Gasteiger partial charge < -0.3 is 10.2 Å². The van der Waals surface area contributed by atoms with Gasteiger partial charge in [0.2, 0.25) is 11.8 Å². The average molecular weight is 380 g/mol. The Kier molecular flexibility index (Phi) is 6.47. The zero-order valence-electron chi connectivity index (χ0n) is 16.9. The lowest BCUT2D eigenvalue weighted by molar-refractivity contribution is -0.121. The molecule has 5 heteroatoms. The summed E-state index contributed by atoms with van der Waals surface area (Å²) in [6, 6.07) is 15.9. The van der Waals surface area contributed by atoms with Gasteiger partial charge >= 0.3 is 0 Å². The molecule has 2 amide bonds. The number of hydrogen-bond acceptors (Lipinski definition) is 3. The average Bonchev–Trinajstić information content (AvgIpc) is 2.99. The summed E-state index contributed by atoms with van der Waals surface area (Å²) in [5.41, 5.74) is 4.05. The number of rotatable bonds is 7. The first-order valence-electron chi connectivity index (χ1n) is 9.97. The molecule has 28 heavy (non-hydrogen) atoms. The maximum Gasteiger partial charge on any atom is 0.241 e. The second kappa shape index (κ2) is 9.02. The summed E-state index contributed by atoms with van der Waals surface area (Å²) >= 11 is 0. The molecule has 0 unspecified atom stereocenters. The number of hydrogen-bond donors (Lipinski definition) is 1. The number of carbonyl (C=O) groups is 2. The predicted octanol–water partition coefficient (Wildman–Crippen LogP) is 3.62. The van der Waals surface area contributed by atoms with E-state index in [2.05, 4.69) is 25.2 Å². The molecule has 0 fully saturated rings. The van der Waals surface area contributed by atoms with Crippen LogP contribution in [-0.4, -0.2) is 42.4 Å². The van der Waals surface area contributed by atoms with Crippen molar-refractivity contribution in [2.75, 3.05) is 29.9 Å². The van der Waals surface area contributed by atoms with Crippen LogP contribution in [0.25, 0.3) is 0 Å². The van der Waals surface area contributed by atoms with Gasteiger partial charge in [-0.05, 0) is 56.5 Å². The van der Waals surface area contributed by atoms with Gasteiger partial charge in [-0.1, -0.05) is 43.3 Å². The van der Waals surface area contributed by atoms with Crippen molar-refractivity contribution in [1.82, 2.24) is 4.90 Å². The number of benzene rings is 2. The first-order chi connectivity index (χ1) is 13.5. The number of carbonyl (C=O) groups excluding carboxylic acids is 2. The van der Waals surface area contributed by atoms with Gasteiger partial charge in [0, 0.05) is 17.4 Å². The maximum atomic E-state index is 13.1. The van der Waals surface area contributed by atoms with Crippen molar-refractivity contribution in [2.24, 2.45) is 0 Å². The van der Waals surface area contributed by atoms with E-state index in [1.807, 2.05) is 59.2 Å². The van der Waals surface area contributed by atoms with E-state index in [9.17, 15) is 9.59 Å². The molecule has 0 saturated heterocycles. The zero-order valence-corrected chi connectivity index (χ0v) is 16.9. The van der Waals surface area contributed by atoms with Gasteiger partial charge in [0.25, 0.3) is 0 Å². The Morgan fingerprint density at radius 3 is 2.57 bits per heavy atom. The van der Waals surface area contributed by atoms with Gasteiger partial charge in [0.05, 0.1) is 13.1 Å². The molecule has 2 aromatic rings. The fourth-order valence-electron chi connectivity index (χ4n) is 3.85. The largest absolute Gasteiger partial charge is 0.325 e. The summed E-state index contributed by atoms with van der Waals surface area (Å²) in [6.07, 6.45) is 1.76. The fourth-order valence-corrected chi connectivity index (χ4v) is 3.85. The molecule has 3 rings (SSSR count). The number of nitrogens with one attached hydrogen (secondary N) is 1. The van der Waals surface area contributed by atoms with Crippen LogP contribution in [0.3, 0.4) is 0 Å². The fraction of sp³-hybridized carbons (Fsp3) is 0.391. The summed E-state index contributed by atoms with van der Waals surface area (Å²) < 4.78 is 0. The van der Waals surface area contributed by atoms with E-state index >= 15 is 0 Å². The van der Waals surface area contributed by atoms with Gasteiger partial charge in [0.1, 0.15) is 0 Å². The van der Waals surface area contributed by atoms with Crippen LogP contribution in [0.4, 0.5) is 11.4 Å². The molecule has 0 saturated carbocycles. The molecule has 2 aromatic carbocycles. The highest BCUT2D eigenvalue weighted by Crippen LogP contribution is 2.31. The van der Waals surface area contributed by atoms with Crippen molar-refractivity contribution >= 4 is 23.2 Å². The van der Waals surface area contributed by atoms with Gasteiger partial charge in [-0.25, -0.2) is 0 Å². The molecule has 148 valence electrons. The third-order valence-electron chi connectivity index (χ3n) is 5.16. The molecule has 1 N–H and O–H groups in total. The molecule has 1 aliphatic rings. The van der Waals surface area contributed by atoms with E-state index in [4.69, 9.17) is 0 Å². The van der Waals surface area contributed by atoms with Crippen LogP contribution in [0.2, 0.25) is 0 Å². The second-order valence-corrected chi connectivity index (χ2v) is 7.52. The van der Waals surface area contributed by atoms with Crippen LogP contribution in [0, 0.1) is 6.92 Å². The van der Waals surface area contributed by atoms with Gasteiger partial charge in [-0.15, -0.1) is 0 Å². The molecule has 1 aliphatic heterocycles. The standard InChI is InChI=1S/C23H29N3O2/c1-4-13-25(15-22(27)24-20-11-7-5-9-17(20)2)16-23(28)26-18(3)14-19-10-6-8-12-21(19)26/h5-12,18H,4,13-16H2,1-3H3,(H,24,27)/t18-/m0/s1. The molecule has 0 spiro atoms. The zero-order chi connectivity index (χ0) is 20.1. The molecule has 1 heterocycles. The summed E-state index contributed by atoms with van der Waals surface area (Å²) in [6.45, 7) is 7.26. The second-order valence-electron chi connectivity index (χ2n) is 7.52. The van der Waals surface area contributed by atoms with Crippen LogP contribution >= 0.6 is 0 Å². The lowest BCUT2D eigenvalue weighted by Crippen LogP contribution is -2.45. The number of fused-ring (bicyclic) bond motifs is 1. The normalized spacial score (nSPS) is 15.6. The Labute approximate surface area is 167 Å². The smallest absolute Gasteiger partial charge is 0.241 e. The number of anilines is 2. The summed E-state index contributed by atoms with van der Waals surface area (Å²) in [4.78, 5) is 29.4. The molecule has 0 bridgehead atoms. The minimum Gasteiger partial charge on any atom is -0.325 e. The molecular formula is C23H29N3O2. The minimum absolute atomic E-state index is 0.0505. The van der Waals surface area contributed by atoms with E-state index < -0.39 is 0 Å². The van der Waals surface area contributed by atoms with Crippen LogP contribution < -0.4 is 10.2 Å². The highest BCUT2D eigenvalue weighted by Gasteiger charge is 2.31. The van der Waals surface area contributed by atoms with Crippen molar-refractivity contribution in [3.05, 3.63) is 59.7 Å². The minimum atomic E-state index is -0.0922. The van der Waals surface area contributed by atoms with Crippen molar-refractivity contribution in [2.45, 2.75) is 39.7 Å². The lowest BCUT2D eigenvalue weighted by Gasteiger charge is -2.27. The monoisotopic (exact) mass is 379 g/mol. The van der Waals surface area contributed by atoms with Crippen molar-refractivity contribution in [3.63, 3.8) is 0 Å². The van der Waals surface area contributed by atoms with Gasteiger partial charge in [-0.2, -0.15) is 0 Å². The van der Waals surface area contributed by atoms with Crippen molar-refractivity contribution in [3.8, 4) is 0 Å². The van der Waals surface area contributed by atoms with Crippen LogP contribution in [0.5, 0.6) is 0 Å². The summed E-state index contributed by atoms with van der Waals surface area (Å²) in [5.74, 6) is -0.0417. The lowest BCUT2D eigenvalue weighted by atomic mass is 10.1. The van der Waals surface area contributed by atoms with E-state index in [0.29, 0.717) is 6.54 Å². The third kappa shape index (κ3) is 4.60. The summed E-state index contributed by atoms with van der Waals surface area (Å²) in [7, 11) is 0. The van der Waals surface area contributed by atoms with E-state index in [-0.39, 0.29) is 30.9 Å². The molecular weight excluding hydrogens is 350 g/mol. The Bertz CT molecular complexity index is 849. The van der Waals surface area contributed by atoms with Crippen LogP contribution in [0.1, 0.15) is 31.4 Å². The number of amides is 2. The Morgan fingerprint density at radius 1 is 1.11 bits per heavy atom. The van der Waals surface area contributed by atoms with Crippen LogP contribution in [0.15, 0.2) is 48.5 Å². The predicted molar refractivity (Wildman–Crippen MR) is 114 cm³/mol. The van der Waals surface area contributed by atoms with Crippen LogP contribution in [-0.2, 0) is 16.0 Å². The van der Waals surface area contributed by atoms with Crippen molar-refractivity contribution < 1.29 is 9.59 Å². The SMILES string of the molecule is CCCN(CC(=O)Nc1ccccc1C)CC(=O)N1c2ccccc2C[C@@H]1C. The van der Waals surface area contributed by atoms with E-state index in [1.54, 1.807) is 0 Å². The molecule has 1 atom stereocenters. The Hall–Kier alpha value is -2.66. The molecule has 0 radical (unpaired) electrons. The maximum absolute atomic E-state index is 13.1. The number of aryl methyl sites for hydroxylation is 1. The topological polar surface area (TPSA) is 52.7 Å². The number of nitrogens with zero attached hydrogens (tertiary/aromatic N) is 2. The van der Waals surface area contributed by atoms with Crippen molar-refractivity contribution in [1.29, 1.82) is 0 Å². The highest BCUT2D eigenvalue weighted by molar-refractivity contribution is 5.98. The third-order valence-corrected chi connectivity index (χ3v) is 5.16. The molecule has 5 nitrogen and oxygen atoms in total. The van der Waals surface area contributed by atoms with E-state index in [0.717, 1.165) is 29.8 Å². The highest BCUT2D eigenvalue weighted by atomic mass is 16.2. The quantitative estimate of drug-likeness (QED) is 0.799. The first-order valence-corrected chi connectivity index (χ1v) is 9.97. The van der Waals surface area contributed by atoms with Gasteiger partial charge in [0.15, 0.2) is 0 Å².